The molecule has 0 radical (unpaired) electrons. The Balaban J connectivity index is 1.84. The highest BCUT2D eigenvalue weighted by atomic mass is 31.2. The third-order valence-corrected chi connectivity index (χ3v) is 5.94. The number of aromatic carboxylic acids is 1. The Hall–Kier alpha value is -1.98. The summed E-state index contributed by atoms with van der Waals surface area (Å²) in [5.74, 6) is -0.982. The fraction of sp³-hybridized carbons (Fsp3) is 0.316. The maximum absolute atomic E-state index is 12.3. The average molecular weight is 377 g/mol. The monoisotopic (exact) mass is 377 g/mol. The van der Waals surface area contributed by atoms with E-state index < -0.39 is 19.4 Å². The second kappa shape index (κ2) is 9.10. The zero-order valence-electron chi connectivity index (χ0n) is 14.6. The topological polar surface area (TPSA) is 107 Å². The minimum Gasteiger partial charge on any atom is -0.478 e. The minimum absolute atomic E-state index is 0.0388. The lowest BCUT2D eigenvalue weighted by Gasteiger charge is -2.20. The molecule has 0 aromatic heterocycles. The SMILES string of the molecule is CC(NCC(O)CP(=O)(O)Cc1ccccc1)c1ccc(C(=O)O)cc1. The largest absolute Gasteiger partial charge is 0.478 e. The van der Waals surface area contributed by atoms with Gasteiger partial charge in [0.05, 0.1) is 17.8 Å². The first-order chi connectivity index (χ1) is 12.3. The molecule has 0 amide bonds. The number of aliphatic hydroxyl groups excluding tert-OH is 1. The molecule has 2 aromatic carbocycles. The van der Waals surface area contributed by atoms with Crippen LogP contribution in [0.25, 0.3) is 0 Å². The fourth-order valence-corrected chi connectivity index (χ4v) is 4.37. The molecular weight excluding hydrogens is 353 g/mol. The van der Waals surface area contributed by atoms with Crippen LogP contribution in [0.3, 0.4) is 0 Å². The van der Waals surface area contributed by atoms with Crippen LogP contribution >= 0.6 is 7.37 Å². The Morgan fingerprint density at radius 2 is 1.73 bits per heavy atom. The van der Waals surface area contributed by atoms with Crippen LogP contribution in [0, 0.1) is 0 Å². The number of carbonyl (C=O) groups is 1. The van der Waals surface area contributed by atoms with Gasteiger partial charge in [0.15, 0.2) is 0 Å². The van der Waals surface area contributed by atoms with Crippen LogP contribution in [-0.4, -0.2) is 39.9 Å². The summed E-state index contributed by atoms with van der Waals surface area (Å²) < 4.78 is 12.3. The van der Waals surface area contributed by atoms with E-state index in [1.54, 1.807) is 24.3 Å². The second-order valence-corrected chi connectivity index (χ2v) is 8.76. The molecule has 0 aliphatic rings. The average Bonchev–Trinajstić information content (AvgIpc) is 2.59. The highest BCUT2D eigenvalue weighted by Gasteiger charge is 2.23. The third-order valence-electron chi connectivity index (χ3n) is 4.09. The van der Waals surface area contributed by atoms with Gasteiger partial charge >= 0.3 is 5.97 Å². The number of carboxylic acid groups (broad SMARTS) is 1. The van der Waals surface area contributed by atoms with Crippen molar-refractivity contribution in [1.82, 2.24) is 5.32 Å². The quantitative estimate of drug-likeness (QED) is 0.501. The number of benzene rings is 2. The molecule has 0 saturated heterocycles. The Bertz CT molecular complexity index is 763. The van der Waals surface area contributed by atoms with E-state index >= 15 is 0 Å². The van der Waals surface area contributed by atoms with Crippen LogP contribution in [-0.2, 0) is 10.7 Å². The lowest BCUT2D eigenvalue weighted by molar-refractivity contribution is 0.0697. The molecule has 0 fully saturated rings. The minimum atomic E-state index is -3.48. The van der Waals surface area contributed by atoms with Crippen LogP contribution in [0.15, 0.2) is 54.6 Å². The van der Waals surface area contributed by atoms with Crippen molar-refractivity contribution < 1.29 is 24.5 Å². The van der Waals surface area contributed by atoms with Gasteiger partial charge in [0, 0.05) is 18.7 Å². The zero-order valence-corrected chi connectivity index (χ0v) is 15.5. The highest BCUT2D eigenvalue weighted by Crippen LogP contribution is 2.44. The van der Waals surface area contributed by atoms with Gasteiger partial charge in [0.2, 0.25) is 7.37 Å². The van der Waals surface area contributed by atoms with Crippen molar-refractivity contribution in [3.05, 3.63) is 71.3 Å². The van der Waals surface area contributed by atoms with E-state index in [4.69, 9.17) is 5.11 Å². The lowest BCUT2D eigenvalue weighted by Crippen LogP contribution is -2.31. The van der Waals surface area contributed by atoms with E-state index in [9.17, 15) is 19.4 Å². The second-order valence-electron chi connectivity index (χ2n) is 6.38. The van der Waals surface area contributed by atoms with Gasteiger partial charge in [-0.2, -0.15) is 0 Å². The normalized spacial score (nSPS) is 15.8. The number of hydrogen-bond donors (Lipinski definition) is 4. The summed E-state index contributed by atoms with van der Waals surface area (Å²) in [6.07, 6.45) is -1.09. The third kappa shape index (κ3) is 6.39. The molecule has 0 bridgehead atoms. The summed E-state index contributed by atoms with van der Waals surface area (Å²) >= 11 is 0. The van der Waals surface area contributed by atoms with Crippen molar-refractivity contribution in [1.29, 1.82) is 0 Å². The van der Waals surface area contributed by atoms with E-state index in [1.165, 1.54) is 12.1 Å². The molecule has 2 rings (SSSR count). The first kappa shape index (κ1) is 20.3. The van der Waals surface area contributed by atoms with E-state index in [1.807, 2.05) is 25.1 Å². The first-order valence-electron chi connectivity index (χ1n) is 8.36. The van der Waals surface area contributed by atoms with Gasteiger partial charge in [0.1, 0.15) is 0 Å². The Morgan fingerprint density at radius 3 is 2.31 bits per heavy atom. The predicted molar refractivity (Wildman–Crippen MR) is 101 cm³/mol. The predicted octanol–water partition coefficient (Wildman–Crippen LogP) is 2.87. The van der Waals surface area contributed by atoms with Crippen LogP contribution in [0.4, 0.5) is 0 Å². The lowest BCUT2D eigenvalue weighted by atomic mass is 10.1. The molecular formula is C19H24NO5P. The van der Waals surface area contributed by atoms with E-state index in [-0.39, 0.29) is 30.5 Å². The zero-order chi connectivity index (χ0) is 19.2. The molecule has 0 aliphatic carbocycles. The van der Waals surface area contributed by atoms with Crippen LogP contribution < -0.4 is 5.32 Å². The van der Waals surface area contributed by atoms with Crippen molar-refractivity contribution in [2.45, 2.75) is 25.2 Å². The van der Waals surface area contributed by atoms with Gasteiger partial charge in [-0.15, -0.1) is 0 Å². The smallest absolute Gasteiger partial charge is 0.335 e. The number of aliphatic hydroxyl groups is 1. The van der Waals surface area contributed by atoms with Gasteiger partial charge in [-0.25, -0.2) is 4.79 Å². The molecule has 3 atom stereocenters. The molecule has 0 spiro atoms. The van der Waals surface area contributed by atoms with Crippen molar-refractivity contribution in [2.24, 2.45) is 0 Å². The molecule has 0 aliphatic heterocycles. The van der Waals surface area contributed by atoms with Crippen molar-refractivity contribution in [3.8, 4) is 0 Å². The summed E-state index contributed by atoms with van der Waals surface area (Å²) in [6.45, 7) is 2.05. The standard InChI is InChI=1S/C19H24NO5P/c1-14(16-7-9-17(10-8-16)19(22)23)20-11-18(21)13-26(24,25)12-15-5-3-2-4-6-15/h2-10,14,18,20-21H,11-13H2,1H3,(H,22,23)(H,24,25). The number of carboxylic acids is 1. The fourth-order valence-electron chi connectivity index (χ4n) is 2.67. The van der Waals surface area contributed by atoms with Crippen molar-refractivity contribution in [3.63, 3.8) is 0 Å². The Morgan fingerprint density at radius 1 is 1.12 bits per heavy atom. The van der Waals surface area contributed by atoms with Gasteiger partial charge in [-0.1, -0.05) is 42.5 Å². The van der Waals surface area contributed by atoms with E-state index in [0.29, 0.717) is 0 Å². The molecule has 7 heteroatoms. The molecule has 0 heterocycles. The van der Waals surface area contributed by atoms with Gasteiger partial charge in [-0.05, 0) is 30.2 Å². The molecule has 3 unspecified atom stereocenters. The Labute approximate surface area is 153 Å². The van der Waals surface area contributed by atoms with E-state index in [0.717, 1.165) is 11.1 Å². The molecule has 6 nitrogen and oxygen atoms in total. The summed E-state index contributed by atoms with van der Waals surface area (Å²) in [6, 6.07) is 15.4. The summed E-state index contributed by atoms with van der Waals surface area (Å²) in [7, 11) is -3.48. The highest BCUT2D eigenvalue weighted by molar-refractivity contribution is 7.57. The van der Waals surface area contributed by atoms with Crippen LogP contribution in [0.5, 0.6) is 0 Å². The van der Waals surface area contributed by atoms with Crippen molar-refractivity contribution in [2.75, 3.05) is 12.7 Å². The van der Waals surface area contributed by atoms with Gasteiger partial charge in [-0.3, -0.25) is 4.57 Å². The number of hydrogen-bond acceptors (Lipinski definition) is 4. The van der Waals surface area contributed by atoms with Crippen molar-refractivity contribution >= 4 is 13.3 Å². The summed E-state index contributed by atoms with van der Waals surface area (Å²) in [5.41, 5.74) is 1.85. The Kier molecular flexibility index (Phi) is 7.12. The summed E-state index contributed by atoms with van der Waals surface area (Å²) in [4.78, 5) is 21.0. The van der Waals surface area contributed by atoms with Crippen LogP contribution in [0.1, 0.15) is 34.5 Å². The first-order valence-corrected chi connectivity index (χ1v) is 10.4. The maximum Gasteiger partial charge on any atom is 0.335 e. The molecule has 26 heavy (non-hydrogen) atoms. The van der Waals surface area contributed by atoms with Gasteiger partial charge in [0.25, 0.3) is 0 Å². The van der Waals surface area contributed by atoms with E-state index in [2.05, 4.69) is 5.32 Å². The molecule has 0 saturated carbocycles. The summed E-state index contributed by atoms with van der Waals surface area (Å²) in [5, 5.41) is 22.1. The maximum atomic E-state index is 12.3. The molecule has 4 N–H and O–H groups in total. The number of nitrogens with one attached hydrogen (secondary N) is 1. The van der Waals surface area contributed by atoms with Crippen LogP contribution in [0.2, 0.25) is 0 Å². The molecule has 2 aromatic rings. The number of rotatable bonds is 9. The molecule has 140 valence electrons. The van der Waals surface area contributed by atoms with Gasteiger partial charge < -0.3 is 20.4 Å².